The van der Waals surface area contributed by atoms with E-state index in [9.17, 15) is 9.59 Å². The molecule has 0 fully saturated rings. The van der Waals surface area contributed by atoms with Crippen molar-refractivity contribution < 1.29 is 9.59 Å². The van der Waals surface area contributed by atoms with Crippen LogP contribution in [-0.2, 0) is 11.3 Å². The van der Waals surface area contributed by atoms with Gasteiger partial charge in [0.05, 0.1) is 5.52 Å². The fourth-order valence-electron chi connectivity index (χ4n) is 2.70. The number of hydrogen-bond acceptors (Lipinski definition) is 4. The number of benzene rings is 2. The molecule has 7 heteroatoms. The van der Waals surface area contributed by atoms with Crippen LogP contribution in [0.25, 0.3) is 10.9 Å². The molecule has 0 radical (unpaired) electrons. The Morgan fingerprint density at radius 1 is 1.12 bits per heavy atom. The summed E-state index contributed by atoms with van der Waals surface area (Å²) in [7, 11) is 1.87. The topological polar surface area (TPSA) is 98.9 Å². The maximum absolute atomic E-state index is 12.2. The van der Waals surface area contributed by atoms with Gasteiger partial charge in [-0.1, -0.05) is 30.3 Å². The number of carbonyl (C=O) groups excluding carboxylic acids is 2. The highest BCUT2D eigenvalue weighted by Gasteiger charge is 2.13. The summed E-state index contributed by atoms with van der Waals surface area (Å²) in [6.45, 7) is 0.972. The highest BCUT2D eigenvalue weighted by molar-refractivity contribution is 6.04. The van der Waals surface area contributed by atoms with Gasteiger partial charge < -0.3 is 16.0 Å². The number of rotatable bonds is 7. The van der Waals surface area contributed by atoms with Gasteiger partial charge in [0.25, 0.3) is 5.91 Å². The molecule has 0 aliphatic rings. The van der Waals surface area contributed by atoms with Crippen LogP contribution in [0.4, 0.5) is 5.69 Å². The van der Waals surface area contributed by atoms with Crippen molar-refractivity contribution in [2.75, 3.05) is 18.9 Å². The molecule has 0 bridgehead atoms. The number of carbonyl (C=O) groups is 2. The Bertz CT molecular complexity index is 919. The van der Waals surface area contributed by atoms with Crippen LogP contribution in [0.2, 0.25) is 0 Å². The van der Waals surface area contributed by atoms with Gasteiger partial charge in [0.2, 0.25) is 5.91 Å². The number of para-hydroxylation sites is 1. The van der Waals surface area contributed by atoms with E-state index < -0.39 is 0 Å². The number of hydrogen-bond donors (Lipinski definition) is 4. The van der Waals surface area contributed by atoms with Crippen molar-refractivity contribution in [2.24, 2.45) is 0 Å². The number of anilines is 1. The SMILES string of the molecule is CNCc1cccc(NC(=O)CCNC(=O)c2n[nH]c3ccccc23)c1. The zero-order valence-corrected chi connectivity index (χ0v) is 14.5. The Morgan fingerprint density at radius 3 is 2.81 bits per heavy atom. The number of H-pyrrole nitrogens is 1. The van der Waals surface area contributed by atoms with Gasteiger partial charge in [0, 0.05) is 30.6 Å². The smallest absolute Gasteiger partial charge is 0.272 e. The third-order valence-corrected chi connectivity index (χ3v) is 3.91. The first-order valence-electron chi connectivity index (χ1n) is 8.42. The van der Waals surface area contributed by atoms with Crippen LogP contribution >= 0.6 is 0 Å². The fraction of sp³-hybridized carbons (Fsp3) is 0.211. The maximum Gasteiger partial charge on any atom is 0.272 e. The Hall–Kier alpha value is -3.19. The standard InChI is InChI=1S/C19H21N5O2/c1-20-12-13-5-4-6-14(11-13)22-17(25)9-10-21-19(26)18-15-7-2-3-8-16(15)23-24-18/h2-8,11,20H,9-10,12H2,1H3,(H,21,26)(H,22,25)(H,23,24). The van der Waals surface area contributed by atoms with E-state index in [-0.39, 0.29) is 24.8 Å². The molecule has 0 saturated carbocycles. The summed E-state index contributed by atoms with van der Waals surface area (Å²) in [6.07, 6.45) is 0.185. The summed E-state index contributed by atoms with van der Waals surface area (Å²) in [5.74, 6) is -0.454. The molecule has 1 heterocycles. The molecule has 0 unspecified atom stereocenters. The second kappa shape index (κ2) is 8.26. The predicted octanol–water partition coefficient (Wildman–Crippen LogP) is 2.04. The van der Waals surface area contributed by atoms with E-state index >= 15 is 0 Å². The van der Waals surface area contributed by atoms with Crippen LogP contribution in [0.1, 0.15) is 22.5 Å². The van der Waals surface area contributed by atoms with Crippen LogP contribution < -0.4 is 16.0 Å². The number of amides is 2. The number of nitrogens with one attached hydrogen (secondary N) is 4. The van der Waals surface area contributed by atoms with E-state index in [2.05, 4.69) is 26.1 Å². The van der Waals surface area contributed by atoms with E-state index in [4.69, 9.17) is 0 Å². The highest BCUT2D eigenvalue weighted by atomic mass is 16.2. The maximum atomic E-state index is 12.2. The first-order valence-corrected chi connectivity index (χ1v) is 8.42. The lowest BCUT2D eigenvalue weighted by molar-refractivity contribution is -0.116. The van der Waals surface area contributed by atoms with E-state index in [0.717, 1.165) is 28.7 Å². The average Bonchev–Trinajstić information content (AvgIpc) is 3.06. The summed E-state index contributed by atoms with van der Waals surface area (Å²) in [5, 5.41) is 16.3. The Balaban J connectivity index is 1.50. The Labute approximate surface area is 151 Å². The van der Waals surface area contributed by atoms with Gasteiger partial charge >= 0.3 is 0 Å². The van der Waals surface area contributed by atoms with Gasteiger partial charge in [-0.2, -0.15) is 5.10 Å². The molecule has 2 aromatic carbocycles. The van der Waals surface area contributed by atoms with Gasteiger partial charge in [-0.25, -0.2) is 0 Å². The normalized spacial score (nSPS) is 10.7. The first-order chi connectivity index (χ1) is 12.7. The second-order valence-corrected chi connectivity index (χ2v) is 5.90. The average molecular weight is 351 g/mol. The minimum atomic E-state index is -0.300. The first kappa shape index (κ1) is 17.6. The molecule has 134 valence electrons. The van der Waals surface area contributed by atoms with Crippen LogP contribution in [0.15, 0.2) is 48.5 Å². The van der Waals surface area contributed by atoms with Crippen molar-refractivity contribution in [3.63, 3.8) is 0 Å². The molecule has 0 aliphatic heterocycles. The minimum absolute atomic E-state index is 0.154. The molecule has 0 saturated heterocycles. The van der Waals surface area contributed by atoms with E-state index in [1.165, 1.54) is 0 Å². The molecular weight excluding hydrogens is 330 g/mol. The Kier molecular flexibility index (Phi) is 5.60. The van der Waals surface area contributed by atoms with E-state index in [1.54, 1.807) is 0 Å². The molecule has 0 aliphatic carbocycles. The molecular formula is C19H21N5O2. The van der Waals surface area contributed by atoms with Gasteiger partial charge in [-0.05, 0) is 30.8 Å². The Morgan fingerprint density at radius 2 is 1.96 bits per heavy atom. The largest absolute Gasteiger partial charge is 0.350 e. The van der Waals surface area contributed by atoms with Gasteiger partial charge in [0.1, 0.15) is 0 Å². The molecule has 3 aromatic rings. The van der Waals surface area contributed by atoms with Crippen molar-refractivity contribution in [1.82, 2.24) is 20.8 Å². The molecule has 26 heavy (non-hydrogen) atoms. The third-order valence-electron chi connectivity index (χ3n) is 3.91. The van der Waals surface area contributed by atoms with Gasteiger partial charge in [-0.3, -0.25) is 14.7 Å². The molecule has 0 atom stereocenters. The number of aromatic nitrogens is 2. The number of nitrogens with zero attached hydrogens (tertiary/aromatic N) is 1. The van der Waals surface area contributed by atoms with Crippen LogP contribution in [0, 0.1) is 0 Å². The minimum Gasteiger partial charge on any atom is -0.350 e. The zero-order valence-electron chi connectivity index (χ0n) is 14.5. The molecule has 7 nitrogen and oxygen atoms in total. The van der Waals surface area contributed by atoms with Crippen molar-refractivity contribution in [1.29, 1.82) is 0 Å². The highest BCUT2D eigenvalue weighted by Crippen LogP contribution is 2.15. The molecule has 2 amide bonds. The monoisotopic (exact) mass is 351 g/mol. The number of aromatic amines is 1. The molecule has 0 spiro atoms. The lowest BCUT2D eigenvalue weighted by Gasteiger charge is -2.08. The van der Waals surface area contributed by atoms with Crippen molar-refractivity contribution in [3.8, 4) is 0 Å². The third kappa shape index (κ3) is 4.25. The summed E-state index contributed by atoms with van der Waals surface area (Å²) >= 11 is 0. The summed E-state index contributed by atoms with van der Waals surface area (Å²) in [5.41, 5.74) is 2.97. The lowest BCUT2D eigenvalue weighted by Crippen LogP contribution is -2.28. The summed E-state index contributed by atoms with van der Waals surface area (Å²) in [6, 6.07) is 15.1. The van der Waals surface area contributed by atoms with Gasteiger partial charge in [0.15, 0.2) is 5.69 Å². The molecule has 3 rings (SSSR count). The van der Waals surface area contributed by atoms with Crippen molar-refractivity contribution in [2.45, 2.75) is 13.0 Å². The number of fused-ring (bicyclic) bond motifs is 1. The van der Waals surface area contributed by atoms with Crippen LogP contribution in [-0.4, -0.2) is 35.6 Å². The lowest BCUT2D eigenvalue weighted by atomic mass is 10.2. The quantitative estimate of drug-likeness (QED) is 0.523. The van der Waals surface area contributed by atoms with Crippen LogP contribution in [0.5, 0.6) is 0 Å². The second-order valence-electron chi connectivity index (χ2n) is 5.90. The van der Waals surface area contributed by atoms with E-state index in [1.807, 2.05) is 55.6 Å². The van der Waals surface area contributed by atoms with Crippen molar-refractivity contribution in [3.05, 3.63) is 59.8 Å². The van der Waals surface area contributed by atoms with Crippen LogP contribution in [0.3, 0.4) is 0 Å². The molecule has 1 aromatic heterocycles. The summed E-state index contributed by atoms with van der Waals surface area (Å²) < 4.78 is 0. The van der Waals surface area contributed by atoms with Crippen molar-refractivity contribution >= 4 is 28.4 Å². The fourth-order valence-corrected chi connectivity index (χ4v) is 2.70. The van der Waals surface area contributed by atoms with E-state index in [0.29, 0.717) is 5.69 Å². The predicted molar refractivity (Wildman–Crippen MR) is 101 cm³/mol. The molecule has 4 N–H and O–H groups in total. The zero-order chi connectivity index (χ0) is 18.4. The summed E-state index contributed by atoms with van der Waals surface area (Å²) in [4.78, 5) is 24.3. The van der Waals surface area contributed by atoms with Gasteiger partial charge in [-0.15, -0.1) is 0 Å².